The van der Waals surface area contributed by atoms with Gasteiger partial charge in [-0.15, -0.1) is 0 Å². The number of rotatable bonds is 9. The van der Waals surface area contributed by atoms with Gasteiger partial charge in [-0.05, 0) is 30.2 Å². The molecule has 0 bridgehead atoms. The lowest BCUT2D eigenvalue weighted by Gasteiger charge is -2.22. The smallest absolute Gasteiger partial charge is 0.408 e. The minimum absolute atomic E-state index is 0.107. The minimum atomic E-state index is -0.885. The third-order valence-electron chi connectivity index (χ3n) is 5.06. The van der Waals surface area contributed by atoms with Crippen molar-refractivity contribution in [2.24, 2.45) is 11.8 Å². The van der Waals surface area contributed by atoms with E-state index in [1.165, 1.54) is 19.3 Å². The maximum Gasteiger partial charge on any atom is 0.408 e. The Bertz CT molecular complexity index is 656. The summed E-state index contributed by atoms with van der Waals surface area (Å²) in [6, 6.07) is 8.37. The standard InChI is InChI=1S/C22H32N2O5/c1-16(2)20(24-22(27)29-14-18-11-7-4-8-12-18)21(26)28-15-19(25)23-13-17-9-5-3-6-10-17/h4,7-8,11-12,16-17,20H,3,5-6,9-10,13-15H2,1-2H3,(H,23,25)(H,24,27). The lowest BCUT2D eigenvalue weighted by molar-refractivity contribution is -0.151. The van der Waals surface area contributed by atoms with Crippen LogP contribution in [0.2, 0.25) is 0 Å². The van der Waals surface area contributed by atoms with Gasteiger partial charge in [-0.1, -0.05) is 63.4 Å². The molecule has 0 aromatic heterocycles. The number of carbonyl (C=O) groups is 3. The fourth-order valence-corrected chi connectivity index (χ4v) is 3.32. The maximum atomic E-state index is 12.3. The number of hydrogen-bond acceptors (Lipinski definition) is 5. The quantitative estimate of drug-likeness (QED) is 0.617. The van der Waals surface area contributed by atoms with Crippen molar-refractivity contribution in [1.29, 1.82) is 0 Å². The monoisotopic (exact) mass is 404 g/mol. The van der Waals surface area contributed by atoms with Gasteiger partial charge in [0.25, 0.3) is 5.91 Å². The number of nitrogens with one attached hydrogen (secondary N) is 2. The van der Waals surface area contributed by atoms with Crippen molar-refractivity contribution in [3.8, 4) is 0 Å². The Labute approximate surface area is 172 Å². The fraction of sp³-hybridized carbons (Fsp3) is 0.591. The second-order valence-electron chi connectivity index (χ2n) is 7.84. The Balaban J connectivity index is 1.71. The second kappa shape index (κ2) is 12.1. The van der Waals surface area contributed by atoms with Crippen molar-refractivity contribution in [2.45, 2.75) is 58.6 Å². The van der Waals surface area contributed by atoms with Crippen molar-refractivity contribution in [2.75, 3.05) is 13.2 Å². The number of carbonyl (C=O) groups excluding carboxylic acids is 3. The predicted octanol–water partition coefficient (Wildman–Crippen LogP) is 3.18. The average Bonchev–Trinajstić information content (AvgIpc) is 2.74. The van der Waals surface area contributed by atoms with Crippen LogP contribution >= 0.6 is 0 Å². The third kappa shape index (κ3) is 8.54. The Hall–Kier alpha value is -2.57. The van der Waals surface area contributed by atoms with E-state index in [0.717, 1.165) is 18.4 Å². The van der Waals surface area contributed by atoms with Crippen LogP contribution in [-0.4, -0.2) is 37.2 Å². The number of alkyl carbamates (subject to hydrolysis) is 1. The molecule has 160 valence electrons. The summed E-state index contributed by atoms with van der Waals surface area (Å²) in [4.78, 5) is 36.3. The van der Waals surface area contributed by atoms with Gasteiger partial charge in [0, 0.05) is 6.54 Å². The first-order chi connectivity index (χ1) is 14.0. The maximum absolute atomic E-state index is 12.3. The van der Waals surface area contributed by atoms with E-state index in [-0.39, 0.29) is 25.0 Å². The van der Waals surface area contributed by atoms with E-state index < -0.39 is 18.1 Å². The van der Waals surface area contributed by atoms with Crippen LogP contribution in [0.15, 0.2) is 30.3 Å². The van der Waals surface area contributed by atoms with Crippen molar-refractivity contribution >= 4 is 18.0 Å². The van der Waals surface area contributed by atoms with Crippen LogP contribution in [-0.2, 0) is 25.7 Å². The molecule has 1 atom stereocenters. The number of amides is 2. The summed E-state index contributed by atoms with van der Waals surface area (Å²) in [6.45, 7) is 3.94. The second-order valence-corrected chi connectivity index (χ2v) is 7.84. The number of ether oxygens (including phenoxy) is 2. The highest BCUT2D eigenvalue weighted by atomic mass is 16.6. The lowest BCUT2D eigenvalue weighted by Crippen LogP contribution is -2.46. The van der Waals surface area contributed by atoms with Gasteiger partial charge in [0.15, 0.2) is 6.61 Å². The predicted molar refractivity (Wildman–Crippen MR) is 109 cm³/mol. The fourth-order valence-electron chi connectivity index (χ4n) is 3.32. The van der Waals surface area contributed by atoms with E-state index in [4.69, 9.17) is 9.47 Å². The summed E-state index contributed by atoms with van der Waals surface area (Å²) in [7, 11) is 0. The van der Waals surface area contributed by atoms with Gasteiger partial charge >= 0.3 is 12.1 Å². The minimum Gasteiger partial charge on any atom is -0.454 e. The molecule has 0 saturated heterocycles. The van der Waals surface area contributed by atoms with Crippen LogP contribution in [0, 0.1) is 11.8 Å². The van der Waals surface area contributed by atoms with Gasteiger partial charge in [-0.2, -0.15) is 0 Å². The van der Waals surface area contributed by atoms with Crippen molar-refractivity contribution < 1.29 is 23.9 Å². The molecule has 1 unspecified atom stereocenters. The molecule has 7 heteroatoms. The van der Waals surface area contributed by atoms with Gasteiger partial charge in [0.05, 0.1) is 0 Å². The summed E-state index contributed by atoms with van der Waals surface area (Å²) in [5.41, 5.74) is 0.848. The van der Waals surface area contributed by atoms with Crippen LogP contribution in [0.1, 0.15) is 51.5 Å². The molecular weight excluding hydrogens is 372 g/mol. The molecule has 1 fully saturated rings. The highest BCUT2D eigenvalue weighted by molar-refractivity contribution is 5.84. The molecule has 2 amide bonds. The largest absolute Gasteiger partial charge is 0.454 e. The van der Waals surface area contributed by atoms with Gasteiger partial charge in [-0.25, -0.2) is 9.59 Å². The zero-order valence-corrected chi connectivity index (χ0v) is 17.3. The SMILES string of the molecule is CC(C)C(NC(=O)OCc1ccccc1)C(=O)OCC(=O)NCC1CCCCC1. The van der Waals surface area contributed by atoms with Crippen LogP contribution in [0.4, 0.5) is 4.79 Å². The van der Waals surface area contributed by atoms with E-state index in [1.807, 2.05) is 30.3 Å². The summed E-state index contributed by atoms with van der Waals surface area (Å²) < 4.78 is 10.3. The Morgan fingerprint density at radius 2 is 1.72 bits per heavy atom. The molecule has 1 saturated carbocycles. The molecule has 1 aromatic carbocycles. The average molecular weight is 405 g/mol. The molecule has 29 heavy (non-hydrogen) atoms. The molecule has 0 aliphatic heterocycles. The normalized spacial score (nSPS) is 15.4. The van der Waals surface area contributed by atoms with Crippen molar-refractivity contribution in [1.82, 2.24) is 10.6 Å². The first-order valence-electron chi connectivity index (χ1n) is 10.4. The number of hydrogen-bond donors (Lipinski definition) is 2. The molecule has 0 radical (unpaired) electrons. The number of benzene rings is 1. The van der Waals surface area contributed by atoms with E-state index in [9.17, 15) is 14.4 Å². The Morgan fingerprint density at radius 3 is 2.38 bits per heavy atom. The Morgan fingerprint density at radius 1 is 1.03 bits per heavy atom. The molecule has 7 nitrogen and oxygen atoms in total. The molecule has 2 rings (SSSR count). The van der Waals surface area contributed by atoms with Crippen LogP contribution in [0.3, 0.4) is 0 Å². The molecule has 1 aliphatic rings. The van der Waals surface area contributed by atoms with Gasteiger partial charge < -0.3 is 20.1 Å². The molecule has 0 spiro atoms. The highest BCUT2D eigenvalue weighted by Gasteiger charge is 2.27. The zero-order chi connectivity index (χ0) is 21.1. The van der Waals surface area contributed by atoms with Crippen molar-refractivity contribution in [3.63, 3.8) is 0 Å². The van der Waals surface area contributed by atoms with Crippen molar-refractivity contribution in [3.05, 3.63) is 35.9 Å². The molecule has 0 heterocycles. The third-order valence-corrected chi connectivity index (χ3v) is 5.06. The van der Waals surface area contributed by atoms with E-state index in [1.54, 1.807) is 13.8 Å². The van der Waals surface area contributed by atoms with E-state index in [2.05, 4.69) is 10.6 Å². The van der Waals surface area contributed by atoms with Gasteiger partial charge in [-0.3, -0.25) is 4.79 Å². The van der Waals surface area contributed by atoms with E-state index >= 15 is 0 Å². The number of esters is 1. The van der Waals surface area contributed by atoms with Crippen LogP contribution in [0.25, 0.3) is 0 Å². The molecular formula is C22H32N2O5. The summed E-state index contributed by atoms with van der Waals surface area (Å²) in [6.07, 6.45) is 5.23. The Kier molecular flexibility index (Phi) is 9.47. The van der Waals surface area contributed by atoms with Gasteiger partial charge in [0.2, 0.25) is 0 Å². The highest BCUT2D eigenvalue weighted by Crippen LogP contribution is 2.22. The molecule has 1 aromatic rings. The first-order valence-corrected chi connectivity index (χ1v) is 10.4. The lowest BCUT2D eigenvalue weighted by atomic mass is 9.89. The van der Waals surface area contributed by atoms with Crippen LogP contribution < -0.4 is 10.6 Å². The summed E-state index contributed by atoms with van der Waals surface area (Å²) in [5.74, 6) is -0.674. The van der Waals surface area contributed by atoms with Crippen LogP contribution in [0.5, 0.6) is 0 Å². The first kappa shape index (κ1) is 22.7. The van der Waals surface area contributed by atoms with E-state index in [0.29, 0.717) is 12.5 Å². The molecule has 1 aliphatic carbocycles. The summed E-state index contributed by atoms with van der Waals surface area (Å²) in [5, 5.41) is 5.35. The summed E-state index contributed by atoms with van der Waals surface area (Å²) >= 11 is 0. The zero-order valence-electron chi connectivity index (χ0n) is 17.3. The topological polar surface area (TPSA) is 93.7 Å². The molecule has 2 N–H and O–H groups in total. The van der Waals surface area contributed by atoms with Gasteiger partial charge in [0.1, 0.15) is 12.6 Å².